The summed E-state index contributed by atoms with van der Waals surface area (Å²) in [6.45, 7) is 0. The Morgan fingerprint density at radius 3 is 2.16 bits per heavy atom. The van der Waals surface area contributed by atoms with E-state index in [1.165, 1.54) is 0 Å². The van der Waals surface area contributed by atoms with Gasteiger partial charge < -0.3 is 20.5 Å². The van der Waals surface area contributed by atoms with E-state index in [2.05, 4.69) is 5.16 Å². The zero-order valence-electron chi connectivity index (χ0n) is 9.80. The number of oxime groups is 1. The molecule has 0 bridgehead atoms. The van der Waals surface area contributed by atoms with Gasteiger partial charge in [0, 0.05) is 0 Å². The van der Waals surface area contributed by atoms with Gasteiger partial charge in [-0.1, -0.05) is 35.5 Å². The maximum atomic E-state index is 10.9. The fourth-order valence-electron chi connectivity index (χ4n) is 1.67. The van der Waals surface area contributed by atoms with Crippen molar-refractivity contribution in [3.8, 4) is 0 Å². The molecule has 1 aromatic rings. The molecule has 0 saturated carbocycles. The molecule has 0 aromatic heterocycles. The van der Waals surface area contributed by atoms with Crippen molar-refractivity contribution in [1.82, 2.24) is 0 Å². The molecule has 0 radical (unpaired) electrons. The number of nitrogens with zero attached hydrogens (tertiary/aromatic N) is 1. The molecule has 7 nitrogen and oxygen atoms in total. The van der Waals surface area contributed by atoms with Crippen molar-refractivity contribution >= 4 is 17.7 Å². The molecule has 0 fully saturated rings. The highest BCUT2D eigenvalue weighted by molar-refractivity contribution is 6.36. The van der Waals surface area contributed by atoms with Gasteiger partial charge in [-0.25, -0.2) is 9.59 Å². The van der Waals surface area contributed by atoms with Crippen LogP contribution < -0.4 is 0 Å². The van der Waals surface area contributed by atoms with E-state index in [9.17, 15) is 14.7 Å². The van der Waals surface area contributed by atoms with Gasteiger partial charge in [0.15, 0.2) is 11.8 Å². The topological polar surface area (TPSA) is 127 Å². The third kappa shape index (κ3) is 3.78. The van der Waals surface area contributed by atoms with Gasteiger partial charge in [-0.3, -0.25) is 0 Å². The summed E-state index contributed by atoms with van der Waals surface area (Å²) in [5.74, 6) is -4.51. The van der Waals surface area contributed by atoms with E-state index in [0.29, 0.717) is 5.56 Å². The lowest BCUT2D eigenvalue weighted by atomic mass is 9.89. The van der Waals surface area contributed by atoms with E-state index in [0.717, 1.165) is 0 Å². The van der Waals surface area contributed by atoms with Crippen LogP contribution in [-0.4, -0.2) is 44.3 Å². The van der Waals surface area contributed by atoms with Gasteiger partial charge in [-0.15, -0.1) is 0 Å². The van der Waals surface area contributed by atoms with Crippen molar-refractivity contribution < 1.29 is 30.1 Å². The van der Waals surface area contributed by atoms with E-state index in [1.807, 2.05) is 0 Å². The van der Waals surface area contributed by atoms with Crippen molar-refractivity contribution in [3.63, 3.8) is 0 Å². The minimum absolute atomic E-state index is 0.0694. The van der Waals surface area contributed by atoms with E-state index in [4.69, 9.17) is 15.4 Å². The number of carboxylic acids is 2. The minimum Gasteiger partial charge on any atom is -0.479 e. The average molecular weight is 267 g/mol. The third-order valence-electron chi connectivity index (χ3n) is 2.61. The normalized spacial score (nSPS) is 14.7. The quantitative estimate of drug-likeness (QED) is 0.331. The Balaban J connectivity index is 3.06. The predicted octanol–water partition coefficient (Wildman–Crippen LogP) is 0.206. The fourth-order valence-corrected chi connectivity index (χ4v) is 1.67. The number of hydrogen-bond acceptors (Lipinski definition) is 5. The molecule has 19 heavy (non-hydrogen) atoms. The summed E-state index contributed by atoms with van der Waals surface area (Å²) < 4.78 is 0. The van der Waals surface area contributed by atoms with E-state index < -0.39 is 29.7 Å². The lowest BCUT2D eigenvalue weighted by Gasteiger charge is -2.18. The SMILES string of the molecule is O=C(O)C(=NO)C(Cc1ccccc1)C(O)C(=O)O. The molecule has 1 aromatic carbocycles. The van der Waals surface area contributed by atoms with Crippen LogP contribution in [0, 0.1) is 5.92 Å². The van der Waals surface area contributed by atoms with Gasteiger partial charge in [-0.2, -0.15) is 0 Å². The van der Waals surface area contributed by atoms with Crippen LogP contribution in [0.15, 0.2) is 35.5 Å². The number of aliphatic carboxylic acids is 2. The summed E-state index contributed by atoms with van der Waals surface area (Å²) in [5.41, 5.74) is -0.172. The number of carbonyl (C=O) groups is 2. The summed E-state index contributed by atoms with van der Waals surface area (Å²) in [4.78, 5) is 21.7. The summed E-state index contributed by atoms with van der Waals surface area (Å²) in [5, 5.41) is 38.4. The highest BCUT2D eigenvalue weighted by atomic mass is 16.4. The Bertz CT molecular complexity index is 484. The first-order valence-electron chi connectivity index (χ1n) is 5.37. The largest absolute Gasteiger partial charge is 0.479 e. The zero-order valence-corrected chi connectivity index (χ0v) is 9.80. The van der Waals surface area contributed by atoms with Crippen LogP contribution in [0.25, 0.3) is 0 Å². The maximum Gasteiger partial charge on any atom is 0.354 e. The molecule has 4 N–H and O–H groups in total. The van der Waals surface area contributed by atoms with Crippen molar-refractivity contribution in [2.24, 2.45) is 11.1 Å². The summed E-state index contributed by atoms with van der Waals surface area (Å²) in [6, 6.07) is 8.42. The molecule has 0 aliphatic rings. The second-order valence-corrected chi connectivity index (χ2v) is 3.87. The maximum absolute atomic E-state index is 10.9. The summed E-state index contributed by atoms with van der Waals surface area (Å²) in [7, 11) is 0. The highest BCUT2D eigenvalue weighted by Crippen LogP contribution is 2.15. The molecule has 102 valence electrons. The lowest BCUT2D eigenvalue weighted by molar-refractivity contribution is -0.148. The van der Waals surface area contributed by atoms with Crippen LogP contribution in [0.1, 0.15) is 5.56 Å². The van der Waals surface area contributed by atoms with Gasteiger partial charge in [-0.05, 0) is 12.0 Å². The molecule has 0 aliphatic carbocycles. The summed E-state index contributed by atoms with van der Waals surface area (Å²) >= 11 is 0. The van der Waals surface area contributed by atoms with Gasteiger partial charge in [0.2, 0.25) is 0 Å². The molecule has 0 amide bonds. The molecule has 1 rings (SSSR count). The average Bonchev–Trinajstić information content (AvgIpc) is 2.38. The molecular weight excluding hydrogens is 254 g/mol. The predicted molar refractivity (Wildman–Crippen MR) is 64.1 cm³/mol. The molecule has 0 heterocycles. The molecule has 0 saturated heterocycles. The minimum atomic E-state index is -1.97. The summed E-state index contributed by atoms with van der Waals surface area (Å²) in [6.07, 6.45) is -2.04. The van der Waals surface area contributed by atoms with E-state index in [1.54, 1.807) is 30.3 Å². The van der Waals surface area contributed by atoms with Crippen molar-refractivity contribution in [2.75, 3.05) is 0 Å². The molecule has 2 unspecified atom stereocenters. The van der Waals surface area contributed by atoms with Gasteiger partial charge >= 0.3 is 11.9 Å². The van der Waals surface area contributed by atoms with Crippen LogP contribution >= 0.6 is 0 Å². The third-order valence-corrected chi connectivity index (χ3v) is 2.61. The Kier molecular flexibility index (Phi) is 5.01. The smallest absolute Gasteiger partial charge is 0.354 e. The highest BCUT2D eigenvalue weighted by Gasteiger charge is 2.34. The lowest BCUT2D eigenvalue weighted by Crippen LogP contribution is -2.39. The van der Waals surface area contributed by atoms with Gasteiger partial charge in [0.05, 0.1) is 5.92 Å². The second kappa shape index (κ2) is 6.50. The Morgan fingerprint density at radius 2 is 1.74 bits per heavy atom. The van der Waals surface area contributed by atoms with Crippen LogP contribution in [-0.2, 0) is 16.0 Å². The van der Waals surface area contributed by atoms with E-state index in [-0.39, 0.29) is 6.42 Å². The first-order valence-corrected chi connectivity index (χ1v) is 5.37. The Morgan fingerprint density at radius 1 is 1.16 bits per heavy atom. The fraction of sp³-hybridized carbons (Fsp3) is 0.250. The van der Waals surface area contributed by atoms with Crippen LogP contribution in [0.5, 0.6) is 0 Å². The first-order chi connectivity index (χ1) is 8.97. The van der Waals surface area contributed by atoms with Crippen LogP contribution in [0.4, 0.5) is 0 Å². The molecule has 0 spiro atoms. The molecular formula is C12H13NO6. The van der Waals surface area contributed by atoms with Crippen molar-refractivity contribution in [1.29, 1.82) is 0 Å². The molecule has 2 atom stereocenters. The van der Waals surface area contributed by atoms with Crippen LogP contribution in [0.3, 0.4) is 0 Å². The zero-order chi connectivity index (χ0) is 14.4. The number of rotatable bonds is 6. The van der Waals surface area contributed by atoms with Gasteiger partial charge in [0.25, 0.3) is 0 Å². The number of hydrogen-bond donors (Lipinski definition) is 4. The number of aliphatic hydroxyl groups is 1. The van der Waals surface area contributed by atoms with Crippen molar-refractivity contribution in [2.45, 2.75) is 12.5 Å². The number of carboxylic acid groups (broad SMARTS) is 2. The molecule has 7 heteroatoms. The van der Waals surface area contributed by atoms with Crippen molar-refractivity contribution in [3.05, 3.63) is 35.9 Å². The van der Waals surface area contributed by atoms with Gasteiger partial charge in [0.1, 0.15) is 0 Å². The van der Waals surface area contributed by atoms with Crippen LogP contribution in [0.2, 0.25) is 0 Å². The first kappa shape index (κ1) is 14.7. The second-order valence-electron chi connectivity index (χ2n) is 3.87. The molecule has 0 aliphatic heterocycles. The van der Waals surface area contributed by atoms with E-state index >= 15 is 0 Å². The standard InChI is InChI=1S/C12H13NO6/c14-10(12(17)18)8(9(13-19)11(15)16)6-7-4-2-1-3-5-7/h1-5,8,10,14,19H,6H2,(H,15,16)(H,17,18). The number of benzene rings is 1. The Hall–Kier alpha value is -2.41. The monoisotopic (exact) mass is 267 g/mol. The number of aliphatic hydroxyl groups excluding tert-OH is 1. The Labute approximate surface area is 108 Å².